The average Bonchev–Trinajstić information content (AvgIpc) is 2.77. The van der Waals surface area contributed by atoms with E-state index in [1.807, 2.05) is 25.1 Å². The maximum absolute atomic E-state index is 5.51. The first-order valence-corrected chi connectivity index (χ1v) is 8.04. The quantitative estimate of drug-likeness (QED) is 0.804. The summed E-state index contributed by atoms with van der Waals surface area (Å²) in [5, 5.41) is 3.40. The average molecular weight is 356 g/mol. The van der Waals surface area contributed by atoms with Gasteiger partial charge in [-0.2, -0.15) is 0 Å². The lowest BCUT2D eigenvalue weighted by Crippen LogP contribution is -1.99. The number of thiophene rings is 1. The van der Waals surface area contributed by atoms with Crippen molar-refractivity contribution in [2.75, 3.05) is 19.0 Å². The van der Waals surface area contributed by atoms with Crippen LogP contribution in [0.15, 0.2) is 28.7 Å². The Bertz CT molecular complexity index is 564. The van der Waals surface area contributed by atoms with E-state index in [9.17, 15) is 0 Å². The van der Waals surface area contributed by atoms with Gasteiger partial charge < -0.3 is 14.8 Å². The summed E-state index contributed by atoms with van der Waals surface area (Å²) < 4.78 is 12.0. The smallest absolute Gasteiger partial charge is 0.162 e. The Balaban J connectivity index is 2.06. The number of hydrogen-bond donors (Lipinski definition) is 1. The predicted octanol–water partition coefficient (Wildman–Crippen LogP) is 4.84. The number of benzene rings is 1. The fourth-order valence-electron chi connectivity index (χ4n) is 1.85. The van der Waals surface area contributed by atoms with Crippen LogP contribution in [0.3, 0.4) is 0 Å². The Labute approximate surface area is 132 Å². The zero-order valence-corrected chi connectivity index (χ0v) is 14.2. The minimum atomic E-state index is 0.631. The fourth-order valence-corrected chi connectivity index (χ4v) is 3.39. The lowest BCUT2D eigenvalue weighted by atomic mass is 10.2. The Morgan fingerprint density at radius 3 is 2.65 bits per heavy atom. The van der Waals surface area contributed by atoms with Gasteiger partial charge in [-0.15, -0.1) is 11.3 Å². The molecule has 1 heterocycles. The van der Waals surface area contributed by atoms with Crippen molar-refractivity contribution in [2.24, 2.45) is 0 Å². The monoisotopic (exact) mass is 355 g/mol. The van der Waals surface area contributed by atoms with Crippen molar-refractivity contribution in [1.29, 1.82) is 0 Å². The van der Waals surface area contributed by atoms with E-state index in [0.717, 1.165) is 23.7 Å². The van der Waals surface area contributed by atoms with Crippen molar-refractivity contribution < 1.29 is 9.47 Å². The SMILES string of the molecule is CCOc1ccc(NCc2cc(Br)c(C)s2)cc1OC. The van der Waals surface area contributed by atoms with Crippen LogP contribution in [-0.2, 0) is 6.54 Å². The van der Waals surface area contributed by atoms with E-state index in [1.165, 1.54) is 14.2 Å². The molecule has 2 aromatic rings. The first kappa shape index (κ1) is 15.2. The molecular formula is C15H18BrNO2S. The second kappa shape index (κ2) is 6.99. The van der Waals surface area contributed by atoms with Crippen LogP contribution in [0.25, 0.3) is 0 Å². The Morgan fingerprint density at radius 1 is 1.25 bits per heavy atom. The minimum Gasteiger partial charge on any atom is -0.493 e. The number of anilines is 1. The zero-order chi connectivity index (χ0) is 14.5. The summed E-state index contributed by atoms with van der Waals surface area (Å²) >= 11 is 5.33. The van der Waals surface area contributed by atoms with Gasteiger partial charge in [0.1, 0.15) is 0 Å². The van der Waals surface area contributed by atoms with Crippen molar-refractivity contribution >= 4 is 33.0 Å². The van der Waals surface area contributed by atoms with Crippen LogP contribution < -0.4 is 14.8 Å². The molecule has 0 fully saturated rings. The van der Waals surface area contributed by atoms with Crippen molar-refractivity contribution in [3.8, 4) is 11.5 Å². The summed E-state index contributed by atoms with van der Waals surface area (Å²) in [5.74, 6) is 1.52. The molecule has 0 bridgehead atoms. The molecule has 0 spiro atoms. The molecule has 0 aliphatic carbocycles. The van der Waals surface area contributed by atoms with Crippen LogP contribution in [0.5, 0.6) is 11.5 Å². The minimum absolute atomic E-state index is 0.631. The third-order valence-corrected chi connectivity index (χ3v) is 4.98. The van der Waals surface area contributed by atoms with Gasteiger partial charge in [-0.25, -0.2) is 0 Å². The van der Waals surface area contributed by atoms with Gasteiger partial charge in [-0.05, 0) is 48.0 Å². The van der Waals surface area contributed by atoms with Crippen LogP contribution in [0.4, 0.5) is 5.69 Å². The highest BCUT2D eigenvalue weighted by Crippen LogP contribution is 2.31. The van der Waals surface area contributed by atoms with Gasteiger partial charge in [0.2, 0.25) is 0 Å². The molecule has 108 valence electrons. The highest BCUT2D eigenvalue weighted by Gasteiger charge is 2.06. The molecule has 0 radical (unpaired) electrons. The Hall–Kier alpha value is -1.20. The first-order chi connectivity index (χ1) is 9.63. The fraction of sp³-hybridized carbons (Fsp3) is 0.333. The summed E-state index contributed by atoms with van der Waals surface area (Å²) in [7, 11) is 1.65. The van der Waals surface area contributed by atoms with Crippen LogP contribution in [0.2, 0.25) is 0 Å². The number of nitrogens with one attached hydrogen (secondary N) is 1. The normalized spacial score (nSPS) is 10.4. The number of methoxy groups -OCH3 is 1. The summed E-state index contributed by atoms with van der Waals surface area (Å²) in [6, 6.07) is 8.04. The predicted molar refractivity (Wildman–Crippen MR) is 88.2 cm³/mol. The van der Waals surface area contributed by atoms with Gasteiger partial charge in [-0.1, -0.05) is 0 Å². The molecule has 1 aromatic heterocycles. The molecule has 0 saturated heterocycles. The molecule has 0 atom stereocenters. The van der Waals surface area contributed by atoms with E-state index in [2.05, 4.69) is 34.2 Å². The zero-order valence-electron chi connectivity index (χ0n) is 11.8. The largest absolute Gasteiger partial charge is 0.493 e. The molecule has 0 saturated carbocycles. The molecule has 1 aromatic carbocycles. The molecule has 2 rings (SSSR count). The van der Waals surface area contributed by atoms with E-state index < -0.39 is 0 Å². The molecule has 0 amide bonds. The van der Waals surface area contributed by atoms with E-state index in [-0.39, 0.29) is 0 Å². The maximum Gasteiger partial charge on any atom is 0.162 e. The first-order valence-electron chi connectivity index (χ1n) is 6.43. The van der Waals surface area contributed by atoms with E-state index >= 15 is 0 Å². The standard InChI is InChI=1S/C15H18BrNO2S/c1-4-19-14-6-5-11(7-15(14)18-3)17-9-12-8-13(16)10(2)20-12/h5-8,17H,4,9H2,1-3H3. The van der Waals surface area contributed by atoms with E-state index in [1.54, 1.807) is 18.4 Å². The Kier molecular flexibility index (Phi) is 5.31. The van der Waals surface area contributed by atoms with Crippen LogP contribution in [-0.4, -0.2) is 13.7 Å². The van der Waals surface area contributed by atoms with Gasteiger partial charge in [0.05, 0.1) is 13.7 Å². The number of rotatable bonds is 6. The molecule has 1 N–H and O–H groups in total. The summed E-state index contributed by atoms with van der Waals surface area (Å²) in [6.07, 6.45) is 0. The lowest BCUT2D eigenvalue weighted by molar-refractivity contribution is 0.311. The molecule has 20 heavy (non-hydrogen) atoms. The highest BCUT2D eigenvalue weighted by molar-refractivity contribution is 9.10. The molecular weight excluding hydrogens is 338 g/mol. The topological polar surface area (TPSA) is 30.5 Å². The summed E-state index contributed by atoms with van der Waals surface area (Å²) in [4.78, 5) is 2.59. The number of aryl methyl sites for hydroxylation is 1. The third kappa shape index (κ3) is 3.67. The molecule has 0 aliphatic rings. The summed E-state index contributed by atoms with van der Waals surface area (Å²) in [6.45, 7) is 5.50. The van der Waals surface area contributed by atoms with Gasteiger partial charge in [-0.3, -0.25) is 0 Å². The van der Waals surface area contributed by atoms with Crippen LogP contribution in [0, 0.1) is 6.92 Å². The molecule has 0 aliphatic heterocycles. The van der Waals surface area contributed by atoms with E-state index in [4.69, 9.17) is 9.47 Å². The number of hydrogen-bond acceptors (Lipinski definition) is 4. The van der Waals surface area contributed by atoms with Crippen molar-refractivity contribution in [3.63, 3.8) is 0 Å². The second-order valence-electron chi connectivity index (χ2n) is 4.27. The third-order valence-electron chi connectivity index (χ3n) is 2.84. The highest BCUT2D eigenvalue weighted by atomic mass is 79.9. The van der Waals surface area contributed by atoms with Crippen molar-refractivity contribution in [2.45, 2.75) is 20.4 Å². The van der Waals surface area contributed by atoms with Gasteiger partial charge >= 0.3 is 0 Å². The van der Waals surface area contributed by atoms with Crippen LogP contribution in [0.1, 0.15) is 16.7 Å². The second-order valence-corrected chi connectivity index (χ2v) is 6.46. The van der Waals surface area contributed by atoms with Crippen LogP contribution >= 0.6 is 27.3 Å². The Morgan fingerprint density at radius 2 is 2.05 bits per heavy atom. The lowest BCUT2D eigenvalue weighted by Gasteiger charge is -2.11. The summed E-state index contributed by atoms with van der Waals surface area (Å²) in [5.41, 5.74) is 1.02. The van der Waals surface area contributed by atoms with Gasteiger partial charge in [0.25, 0.3) is 0 Å². The van der Waals surface area contributed by atoms with Gasteiger partial charge in [0, 0.05) is 32.5 Å². The molecule has 5 heteroatoms. The maximum atomic E-state index is 5.51. The molecule has 0 unspecified atom stereocenters. The van der Waals surface area contributed by atoms with Crippen molar-refractivity contribution in [3.05, 3.63) is 38.5 Å². The molecule has 3 nitrogen and oxygen atoms in total. The van der Waals surface area contributed by atoms with Crippen molar-refractivity contribution in [1.82, 2.24) is 0 Å². The van der Waals surface area contributed by atoms with Gasteiger partial charge in [0.15, 0.2) is 11.5 Å². The number of ether oxygens (including phenoxy) is 2. The van der Waals surface area contributed by atoms with E-state index in [0.29, 0.717) is 6.61 Å². The number of halogens is 1.